The van der Waals surface area contributed by atoms with Gasteiger partial charge in [-0.1, -0.05) is 23.7 Å². The molecule has 3 amide bonds. The van der Waals surface area contributed by atoms with Crippen molar-refractivity contribution in [1.82, 2.24) is 4.90 Å². The number of methoxy groups -OCH3 is 2. The molecule has 1 aliphatic heterocycles. The molecule has 8 nitrogen and oxygen atoms in total. The van der Waals surface area contributed by atoms with Crippen molar-refractivity contribution in [2.75, 3.05) is 26.1 Å². The van der Waals surface area contributed by atoms with E-state index in [2.05, 4.69) is 10.1 Å². The molecule has 0 saturated carbocycles. The summed E-state index contributed by atoms with van der Waals surface area (Å²) in [6, 6.07) is 8.99. The summed E-state index contributed by atoms with van der Waals surface area (Å²) in [6.45, 7) is -0.482. The van der Waals surface area contributed by atoms with Gasteiger partial charge in [-0.15, -0.1) is 0 Å². The van der Waals surface area contributed by atoms with Crippen molar-refractivity contribution in [3.63, 3.8) is 0 Å². The van der Waals surface area contributed by atoms with Crippen molar-refractivity contribution in [3.8, 4) is 5.75 Å². The van der Waals surface area contributed by atoms with E-state index in [1.165, 1.54) is 38.5 Å². The Morgan fingerprint density at radius 3 is 2.21 bits per heavy atom. The van der Waals surface area contributed by atoms with E-state index in [4.69, 9.17) is 16.3 Å². The SMILES string of the molecule is COC(=O)c1cc(Cl)c(NC(=O)CN2C(=O)c3ccccc3C2=O)cc1OC. The molecule has 9 heteroatoms. The van der Waals surface area contributed by atoms with E-state index in [0.29, 0.717) is 0 Å². The molecule has 0 fully saturated rings. The summed E-state index contributed by atoms with van der Waals surface area (Å²) in [5.41, 5.74) is 0.756. The number of carbonyl (C=O) groups excluding carboxylic acids is 4. The smallest absolute Gasteiger partial charge is 0.341 e. The summed E-state index contributed by atoms with van der Waals surface area (Å²) in [7, 11) is 2.56. The molecule has 0 aliphatic carbocycles. The van der Waals surface area contributed by atoms with Crippen molar-refractivity contribution in [3.05, 3.63) is 58.1 Å². The number of nitrogens with zero attached hydrogens (tertiary/aromatic N) is 1. The third-order valence-corrected chi connectivity index (χ3v) is 4.46. The number of anilines is 1. The Labute approximate surface area is 165 Å². The predicted octanol–water partition coefficient (Wildman–Crippen LogP) is 2.37. The molecule has 0 saturated heterocycles. The molecule has 1 aliphatic rings. The normalized spacial score (nSPS) is 12.6. The van der Waals surface area contributed by atoms with Crippen LogP contribution in [0.2, 0.25) is 5.02 Å². The lowest BCUT2D eigenvalue weighted by Gasteiger charge is -2.15. The molecule has 1 heterocycles. The number of carbonyl (C=O) groups is 4. The fourth-order valence-corrected chi connectivity index (χ4v) is 3.01. The van der Waals surface area contributed by atoms with Gasteiger partial charge in [-0.3, -0.25) is 19.3 Å². The number of rotatable bonds is 5. The second kappa shape index (κ2) is 7.69. The maximum atomic E-state index is 12.4. The van der Waals surface area contributed by atoms with Gasteiger partial charge in [-0.05, 0) is 18.2 Å². The van der Waals surface area contributed by atoms with Crippen LogP contribution in [0.5, 0.6) is 5.75 Å². The van der Waals surface area contributed by atoms with Gasteiger partial charge in [-0.2, -0.15) is 0 Å². The first-order valence-electron chi connectivity index (χ1n) is 8.08. The van der Waals surface area contributed by atoms with Gasteiger partial charge in [0.25, 0.3) is 11.8 Å². The van der Waals surface area contributed by atoms with Gasteiger partial charge in [0, 0.05) is 6.07 Å². The minimum Gasteiger partial charge on any atom is -0.496 e. The fraction of sp³-hybridized carbons (Fsp3) is 0.158. The number of nitrogens with one attached hydrogen (secondary N) is 1. The van der Waals surface area contributed by atoms with Crippen LogP contribution in [0.15, 0.2) is 36.4 Å². The average Bonchev–Trinajstić information content (AvgIpc) is 2.93. The Morgan fingerprint density at radius 2 is 1.68 bits per heavy atom. The van der Waals surface area contributed by atoms with Crippen LogP contribution in [-0.2, 0) is 9.53 Å². The van der Waals surface area contributed by atoms with Crippen LogP contribution in [0.25, 0.3) is 0 Å². The van der Waals surface area contributed by atoms with Gasteiger partial charge in [0.05, 0.1) is 36.1 Å². The lowest BCUT2D eigenvalue weighted by Crippen LogP contribution is -2.37. The third kappa shape index (κ3) is 3.41. The van der Waals surface area contributed by atoms with Gasteiger partial charge in [0.1, 0.15) is 17.9 Å². The molecule has 0 aromatic heterocycles. The van der Waals surface area contributed by atoms with Crippen LogP contribution in [0, 0.1) is 0 Å². The van der Waals surface area contributed by atoms with E-state index in [0.717, 1.165) is 4.90 Å². The van der Waals surface area contributed by atoms with Crippen LogP contribution >= 0.6 is 11.6 Å². The van der Waals surface area contributed by atoms with Crippen molar-refractivity contribution < 1.29 is 28.7 Å². The van der Waals surface area contributed by atoms with Gasteiger partial charge in [0.15, 0.2) is 0 Å². The third-order valence-electron chi connectivity index (χ3n) is 4.15. The Bertz CT molecular complexity index is 969. The van der Waals surface area contributed by atoms with E-state index in [-0.39, 0.29) is 33.1 Å². The number of benzene rings is 2. The molecule has 0 bridgehead atoms. The molecule has 1 N–H and O–H groups in total. The van der Waals surface area contributed by atoms with E-state index < -0.39 is 30.2 Å². The molecule has 144 valence electrons. The second-order valence-corrected chi connectivity index (χ2v) is 6.22. The van der Waals surface area contributed by atoms with E-state index in [9.17, 15) is 19.2 Å². The van der Waals surface area contributed by atoms with Crippen LogP contribution in [-0.4, -0.2) is 49.4 Å². The van der Waals surface area contributed by atoms with Crippen LogP contribution < -0.4 is 10.1 Å². The summed E-state index contributed by atoms with van der Waals surface area (Å²) in [4.78, 5) is 49.7. The molecule has 3 rings (SSSR count). The predicted molar refractivity (Wildman–Crippen MR) is 99.8 cm³/mol. The van der Waals surface area contributed by atoms with Gasteiger partial charge in [0.2, 0.25) is 5.91 Å². The monoisotopic (exact) mass is 402 g/mol. The number of hydrogen-bond acceptors (Lipinski definition) is 6. The first-order chi connectivity index (χ1) is 13.4. The zero-order valence-corrected chi connectivity index (χ0v) is 15.7. The van der Waals surface area contributed by atoms with Crippen LogP contribution in [0.1, 0.15) is 31.1 Å². The average molecular weight is 403 g/mol. The largest absolute Gasteiger partial charge is 0.496 e. The van der Waals surface area contributed by atoms with E-state index in [1.807, 2.05) is 0 Å². The molecule has 0 spiro atoms. The van der Waals surface area contributed by atoms with Gasteiger partial charge < -0.3 is 14.8 Å². The number of amides is 3. The Hall–Kier alpha value is -3.39. The highest BCUT2D eigenvalue weighted by molar-refractivity contribution is 6.34. The summed E-state index contributed by atoms with van der Waals surface area (Å²) in [5.74, 6) is -2.22. The highest BCUT2D eigenvalue weighted by atomic mass is 35.5. The van der Waals surface area contributed by atoms with Crippen molar-refractivity contribution in [2.45, 2.75) is 0 Å². The topological polar surface area (TPSA) is 102 Å². The molecule has 2 aromatic carbocycles. The van der Waals surface area contributed by atoms with Crippen LogP contribution in [0.3, 0.4) is 0 Å². The van der Waals surface area contributed by atoms with Crippen molar-refractivity contribution in [2.24, 2.45) is 0 Å². The Kier molecular flexibility index (Phi) is 5.32. The molecule has 28 heavy (non-hydrogen) atoms. The van der Waals surface area contributed by atoms with E-state index in [1.54, 1.807) is 12.1 Å². The Morgan fingerprint density at radius 1 is 1.07 bits per heavy atom. The molecule has 2 aromatic rings. The quantitative estimate of drug-likeness (QED) is 0.608. The summed E-state index contributed by atoms with van der Waals surface area (Å²) in [6.07, 6.45) is 0. The standard InChI is InChI=1S/C19H15ClN2O6/c1-27-15-8-14(13(20)7-12(15)19(26)28-2)21-16(23)9-22-17(24)10-5-3-4-6-11(10)18(22)25/h3-8H,9H2,1-2H3,(H,21,23). The highest BCUT2D eigenvalue weighted by Crippen LogP contribution is 2.31. The Balaban J connectivity index is 1.78. The maximum absolute atomic E-state index is 12.4. The number of halogens is 1. The van der Waals surface area contributed by atoms with Gasteiger partial charge >= 0.3 is 5.97 Å². The first kappa shape index (κ1) is 19.4. The second-order valence-electron chi connectivity index (χ2n) is 5.81. The summed E-state index contributed by atoms with van der Waals surface area (Å²) < 4.78 is 9.78. The minimum atomic E-state index is -0.650. The van der Waals surface area contributed by atoms with Gasteiger partial charge in [-0.25, -0.2) is 4.79 Å². The zero-order valence-electron chi connectivity index (χ0n) is 14.9. The number of ether oxygens (including phenoxy) is 2. The van der Waals surface area contributed by atoms with Crippen LogP contribution in [0.4, 0.5) is 5.69 Å². The number of imide groups is 1. The number of esters is 1. The van der Waals surface area contributed by atoms with Crippen molar-refractivity contribution >= 4 is 41.0 Å². The fourth-order valence-electron chi connectivity index (χ4n) is 2.80. The number of fused-ring (bicyclic) bond motifs is 1. The highest BCUT2D eigenvalue weighted by Gasteiger charge is 2.36. The first-order valence-corrected chi connectivity index (χ1v) is 8.46. The maximum Gasteiger partial charge on any atom is 0.341 e. The molecule has 0 radical (unpaired) electrons. The molecular formula is C19H15ClN2O6. The van der Waals surface area contributed by atoms with Crippen molar-refractivity contribution in [1.29, 1.82) is 0 Å². The summed E-state index contributed by atoms with van der Waals surface area (Å²) >= 11 is 6.12. The lowest BCUT2D eigenvalue weighted by atomic mass is 10.1. The molecule has 0 unspecified atom stereocenters. The summed E-state index contributed by atoms with van der Waals surface area (Å²) in [5, 5.41) is 2.58. The lowest BCUT2D eigenvalue weighted by molar-refractivity contribution is -0.116. The molecule has 0 atom stereocenters. The molecular weight excluding hydrogens is 388 g/mol. The minimum absolute atomic E-state index is 0.0666. The number of hydrogen-bond donors (Lipinski definition) is 1. The van der Waals surface area contributed by atoms with E-state index >= 15 is 0 Å². The zero-order chi connectivity index (χ0) is 20.4.